The molecule has 13 nitrogen and oxygen atoms in total. The fourth-order valence-corrected chi connectivity index (χ4v) is 0.834. The van der Waals surface area contributed by atoms with Gasteiger partial charge in [0.2, 0.25) is 5.14 Å². The van der Waals surface area contributed by atoms with E-state index >= 15 is 0 Å². The predicted octanol–water partition coefficient (Wildman–Crippen LogP) is -9.37. The van der Waals surface area contributed by atoms with Crippen molar-refractivity contribution in [1.82, 2.24) is 0 Å². The molecule has 0 aliphatic carbocycles. The maximum Gasteiger partial charge on any atom is 1.00 e. The molecule has 0 rings (SSSR count). The molecule has 136 valence electrons. The molecule has 0 unspecified atom stereocenters. The van der Waals surface area contributed by atoms with E-state index in [1.54, 1.807) is 0 Å². The van der Waals surface area contributed by atoms with Crippen LogP contribution in [0.25, 0.3) is 0 Å². The van der Waals surface area contributed by atoms with Gasteiger partial charge in [0, 0.05) is 0 Å². The van der Waals surface area contributed by atoms with Crippen molar-refractivity contribution < 1.29 is 83.0 Å². The normalized spacial score (nSPS) is 11.5. The summed E-state index contributed by atoms with van der Waals surface area (Å²) in [6, 6.07) is 0. The topological polar surface area (TPSA) is 204 Å². The van der Waals surface area contributed by atoms with Gasteiger partial charge in [-0.05, 0) is 0 Å². The van der Waals surface area contributed by atoms with Gasteiger partial charge < -0.3 is 39.6 Å². The summed E-state index contributed by atoms with van der Waals surface area (Å²) in [6.45, 7) is -1.79. The number of hydrogen-bond donors (Lipinski definition) is 6. The summed E-state index contributed by atoms with van der Waals surface area (Å²) in [5.74, 6) is 0. The zero-order valence-corrected chi connectivity index (χ0v) is 13.7. The monoisotopic (exact) mass is 359 g/mol. The third kappa shape index (κ3) is 22.3. The standard InChI is InChI=1S/C8H20NO8.Li.H2O4Si/c10-1-5-14-9(15-6-2-11,16-7-3-12)17-8-4-13;;1-5(2,3)4/h10-13H,1-8H2;;1-2H/q2*+1;-2. The van der Waals surface area contributed by atoms with Crippen LogP contribution in [0.2, 0.25) is 0 Å². The van der Waals surface area contributed by atoms with E-state index in [0.29, 0.717) is 0 Å². The van der Waals surface area contributed by atoms with Gasteiger partial charge in [0.05, 0.1) is 26.4 Å². The molecule has 0 spiro atoms. The van der Waals surface area contributed by atoms with Gasteiger partial charge in [-0.1, -0.05) is 19.4 Å². The third-order valence-corrected chi connectivity index (χ3v) is 1.36. The van der Waals surface area contributed by atoms with Crippen LogP contribution in [0.5, 0.6) is 0 Å². The molecular weight excluding hydrogens is 337 g/mol. The Kier molecular flexibility index (Phi) is 20.9. The van der Waals surface area contributed by atoms with Crippen LogP contribution in [-0.4, -0.2) is 97.1 Å². The third-order valence-electron chi connectivity index (χ3n) is 1.36. The van der Waals surface area contributed by atoms with Crippen LogP contribution < -0.4 is 28.5 Å². The molecule has 23 heavy (non-hydrogen) atoms. The van der Waals surface area contributed by atoms with E-state index in [1.165, 1.54) is 0 Å². The van der Waals surface area contributed by atoms with Crippen LogP contribution >= 0.6 is 0 Å². The van der Waals surface area contributed by atoms with E-state index in [1.807, 2.05) is 0 Å². The van der Waals surface area contributed by atoms with E-state index in [-0.39, 0.29) is 71.7 Å². The average Bonchev–Trinajstić information content (AvgIpc) is 2.44. The molecule has 0 fully saturated rings. The van der Waals surface area contributed by atoms with Crippen LogP contribution in [-0.2, 0) is 19.4 Å². The predicted molar refractivity (Wildman–Crippen MR) is 62.6 cm³/mol. The number of aliphatic hydroxyl groups excluding tert-OH is 4. The second-order valence-corrected chi connectivity index (χ2v) is 4.32. The van der Waals surface area contributed by atoms with E-state index in [9.17, 15) is 0 Å². The Hall–Kier alpha value is 0.294. The summed E-state index contributed by atoms with van der Waals surface area (Å²) in [4.78, 5) is 51.7. The van der Waals surface area contributed by atoms with Crippen LogP contribution in [0.1, 0.15) is 0 Å². The van der Waals surface area contributed by atoms with E-state index < -0.39 is 14.2 Å². The Labute approximate surface area is 145 Å². The van der Waals surface area contributed by atoms with Gasteiger partial charge in [-0.15, -0.1) is 0 Å². The Morgan fingerprint density at radius 1 is 0.652 bits per heavy atom. The summed E-state index contributed by atoms with van der Waals surface area (Å²) in [5, 5.41) is 33.4. The van der Waals surface area contributed by atoms with Gasteiger partial charge in [0.25, 0.3) is 0 Å². The number of aliphatic hydroxyl groups is 4. The smallest absolute Gasteiger partial charge is 0.828 e. The molecule has 6 N–H and O–H groups in total. The van der Waals surface area contributed by atoms with Crippen LogP contribution in [0.4, 0.5) is 0 Å². The van der Waals surface area contributed by atoms with Crippen molar-refractivity contribution in [1.29, 1.82) is 0 Å². The second kappa shape index (κ2) is 17.1. The summed E-state index contributed by atoms with van der Waals surface area (Å²) in [5.41, 5.74) is 0. The molecule has 15 heteroatoms. The summed E-state index contributed by atoms with van der Waals surface area (Å²) in [6.07, 6.45) is 0. The molecule has 0 radical (unpaired) electrons. The van der Waals surface area contributed by atoms with Crippen molar-refractivity contribution in [2.75, 3.05) is 52.9 Å². The van der Waals surface area contributed by atoms with Crippen LogP contribution in [0.3, 0.4) is 0 Å². The van der Waals surface area contributed by atoms with E-state index in [2.05, 4.69) is 0 Å². The summed E-state index contributed by atoms with van der Waals surface area (Å²) in [7, 11) is -5.11. The van der Waals surface area contributed by atoms with Crippen molar-refractivity contribution in [3.05, 3.63) is 0 Å². The Morgan fingerprint density at radius 2 is 0.826 bits per heavy atom. The minimum atomic E-state index is -5.11. The first-order valence-electron chi connectivity index (χ1n) is 6.01. The zero-order chi connectivity index (χ0) is 17.5. The molecule has 0 aliphatic rings. The number of nitrogens with zero attached hydrogens (tertiary/aromatic N) is 1. The summed E-state index contributed by atoms with van der Waals surface area (Å²) >= 11 is 0. The zero-order valence-electron chi connectivity index (χ0n) is 12.7. The molecule has 0 aromatic carbocycles. The number of rotatable bonds is 12. The van der Waals surface area contributed by atoms with Crippen molar-refractivity contribution >= 4 is 9.05 Å². The molecular formula is C8H22LiNO12Si. The van der Waals surface area contributed by atoms with E-state index in [0.717, 1.165) is 0 Å². The molecule has 0 heterocycles. The molecule has 0 saturated heterocycles. The van der Waals surface area contributed by atoms with Crippen molar-refractivity contribution in [3.63, 3.8) is 0 Å². The number of quaternary nitrogens is 1. The van der Waals surface area contributed by atoms with Gasteiger partial charge in [-0.3, -0.25) is 0 Å². The van der Waals surface area contributed by atoms with E-state index in [4.69, 9.17) is 59.0 Å². The maximum atomic E-state index is 8.80. The molecule has 0 bridgehead atoms. The van der Waals surface area contributed by atoms with Gasteiger partial charge in [-0.25, -0.2) is 0 Å². The molecule has 0 saturated carbocycles. The molecule has 0 amide bonds. The molecule has 0 aromatic heterocycles. The summed E-state index contributed by atoms with van der Waals surface area (Å²) < 4.78 is 0. The van der Waals surface area contributed by atoms with Crippen LogP contribution in [0, 0.1) is 0 Å². The largest absolute Gasteiger partial charge is 1.00 e. The molecule has 0 aliphatic heterocycles. The van der Waals surface area contributed by atoms with Crippen LogP contribution in [0.15, 0.2) is 0 Å². The number of hydrogen-bond acceptors (Lipinski definition) is 12. The van der Waals surface area contributed by atoms with Gasteiger partial charge in [0.1, 0.15) is 35.5 Å². The fraction of sp³-hybridized carbons (Fsp3) is 1.00. The second-order valence-electron chi connectivity index (χ2n) is 3.22. The Balaban J connectivity index is -0.000000578. The average molecular weight is 359 g/mol. The fourth-order valence-electron chi connectivity index (χ4n) is 0.834. The molecule has 0 aromatic rings. The SMILES string of the molecule is OCCO[N+](OCCO)(OCCO)OCCO.[Li+].[O-][Si]([O-])(O)O. The Morgan fingerprint density at radius 3 is 0.957 bits per heavy atom. The first kappa shape index (κ1) is 28.1. The van der Waals surface area contributed by atoms with Crippen molar-refractivity contribution in [2.45, 2.75) is 0 Å². The minimum absolute atomic E-state index is 0. The Bertz CT molecular complexity index is 202. The quantitative estimate of drug-likeness (QED) is 0.109. The van der Waals surface area contributed by atoms with Gasteiger partial charge in [-0.2, -0.15) is 0 Å². The van der Waals surface area contributed by atoms with Gasteiger partial charge in [0.15, 0.2) is 0 Å². The first-order chi connectivity index (χ1) is 10.2. The first-order valence-corrected chi connectivity index (χ1v) is 7.72. The molecule has 0 atom stereocenters. The van der Waals surface area contributed by atoms with Crippen molar-refractivity contribution in [3.8, 4) is 0 Å². The minimum Gasteiger partial charge on any atom is -0.828 e. The van der Waals surface area contributed by atoms with Crippen molar-refractivity contribution in [2.24, 2.45) is 0 Å². The van der Waals surface area contributed by atoms with Gasteiger partial charge >= 0.3 is 18.9 Å². The maximum absolute atomic E-state index is 8.80.